The number of carbonyl (C=O) groups is 2. The van der Waals surface area contributed by atoms with Crippen LogP contribution in [-0.4, -0.2) is 42.4 Å². The molecule has 2 fully saturated rings. The zero-order chi connectivity index (χ0) is 16.4. The fraction of sp³-hybridized carbons (Fsp3) is 0.529. The number of hydrogen-bond donors (Lipinski definition) is 2. The third-order valence-corrected chi connectivity index (χ3v) is 4.74. The Bertz CT molecular complexity index is 582. The maximum Gasteiger partial charge on any atom is 0.231 e. The molecule has 23 heavy (non-hydrogen) atoms. The highest BCUT2D eigenvalue weighted by Crippen LogP contribution is 2.47. The lowest BCUT2D eigenvalue weighted by atomic mass is 10.0. The van der Waals surface area contributed by atoms with Crippen LogP contribution in [0.5, 0.6) is 0 Å². The zero-order valence-corrected chi connectivity index (χ0v) is 13.0. The number of benzene rings is 1. The second-order valence-electron chi connectivity index (χ2n) is 6.53. The fourth-order valence-corrected chi connectivity index (χ4v) is 3.33. The monoisotopic (exact) mass is 319 g/mol. The Hall–Kier alpha value is -1.95. The van der Waals surface area contributed by atoms with Gasteiger partial charge in [-0.15, -0.1) is 0 Å². The third kappa shape index (κ3) is 4.07. The molecule has 1 aromatic carbocycles. The van der Waals surface area contributed by atoms with Gasteiger partial charge in [0, 0.05) is 25.0 Å². The summed E-state index contributed by atoms with van der Waals surface area (Å²) in [5.41, 5.74) is 6.22. The summed E-state index contributed by atoms with van der Waals surface area (Å²) in [5, 5.41) is 3.11. The lowest BCUT2D eigenvalue weighted by Crippen LogP contribution is -2.47. The maximum absolute atomic E-state index is 12.9. The number of nitrogens with two attached hydrogens (primary N) is 1. The van der Waals surface area contributed by atoms with E-state index in [0.717, 1.165) is 37.9 Å². The molecule has 1 aromatic rings. The number of piperidine rings is 1. The maximum atomic E-state index is 12.9. The molecule has 1 aliphatic heterocycles. The molecule has 1 heterocycles. The highest BCUT2D eigenvalue weighted by Gasteiger charge is 2.44. The Balaban J connectivity index is 1.44. The van der Waals surface area contributed by atoms with Crippen LogP contribution in [0.2, 0.25) is 0 Å². The number of primary amides is 1. The van der Waals surface area contributed by atoms with Crippen molar-refractivity contribution in [1.29, 1.82) is 0 Å². The lowest BCUT2D eigenvalue weighted by Gasteiger charge is -2.31. The van der Waals surface area contributed by atoms with Gasteiger partial charge in [0.25, 0.3) is 0 Å². The summed E-state index contributed by atoms with van der Waals surface area (Å²) >= 11 is 0. The molecule has 3 N–H and O–H groups in total. The second-order valence-corrected chi connectivity index (χ2v) is 6.53. The molecule has 2 atom stereocenters. The molecule has 0 unspecified atom stereocenters. The van der Waals surface area contributed by atoms with Crippen molar-refractivity contribution in [2.24, 2.45) is 11.7 Å². The average molecular weight is 319 g/mol. The predicted octanol–water partition coefficient (Wildman–Crippen LogP) is 0.995. The van der Waals surface area contributed by atoms with E-state index >= 15 is 0 Å². The quantitative estimate of drug-likeness (QED) is 0.850. The third-order valence-electron chi connectivity index (χ3n) is 4.74. The summed E-state index contributed by atoms with van der Waals surface area (Å²) in [4.78, 5) is 25.2. The molecule has 0 radical (unpaired) electrons. The summed E-state index contributed by atoms with van der Waals surface area (Å²) in [6, 6.07) is 6.57. The van der Waals surface area contributed by atoms with Crippen LogP contribution in [0.25, 0.3) is 0 Å². The van der Waals surface area contributed by atoms with Gasteiger partial charge in [-0.3, -0.25) is 14.5 Å². The Kier molecular flexibility index (Phi) is 4.61. The van der Waals surface area contributed by atoms with Crippen molar-refractivity contribution in [3.63, 3.8) is 0 Å². The first-order valence-electron chi connectivity index (χ1n) is 8.09. The molecular formula is C17H22FN3O2. The molecule has 0 aromatic heterocycles. The molecule has 1 aliphatic carbocycles. The zero-order valence-electron chi connectivity index (χ0n) is 13.0. The van der Waals surface area contributed by atoms with Crippen molar-refractivity contribution >= 4 is 11.8 Å². The van der Waals surface area contributed by atoms with E-state index in [2.05, 4.69) is 5.32 Å². The minimum atomic E-state index is -0.312. The smallest absolute Gasteiger partial charge is 0.231 e. The number of nitrogens with zero attached hydrogens (tertiary/aromatic N) is 1. The van der Waals surface area contributed by atoms with Gasteiger partial charge in [-0.1, -0.05) is 12.1 Å². The van der Waals surface area contributed by atoms with Gasteiger partial charge in [-0.2, -0.15) is 0 Å². The standard InChI is InChI=1S/C17H22FN3O2/c18-12-3-1-11(2-4-12)14-9-15(14)17(23)20-13-5-7-21(8-6-13)10-16(19)22/h1-4,13-15H,5-10H2,(H2,19,22)(H,20,23)/t14-,15-/m0/s1. The fourth-order valence-electron chi connectivity index (χ4n) is 3.33. The van der Waals surface area contributed by atoms with Gasteiger partial charge in [0.1, 0.15) is 5.82 Å². The first-order chi connectivity index (χ1) is 11.0. The topological polar surface area (TPSA) is 75.4 Å². The van der Waals surface area contributed by atoms with Crippen molar-refractivity contribution in [3.8, 4) is 0 Å². The summed E-state index contributed by atoms with van der Waals surface area (Å²) in [6.45, 7) is 1.84. The van der Waals surface area contributed by atoms with Crippen LogP contribution in [0, 0.1) is 11.7 Å². The Labute approximate surface area is 135 Å². The van der Waals surface area contributed by atoms with Gasteiger partial charge in [0.05, 0.1) is 6.54 Å². The van der Waals surface area contributed by atoms with Gasteiger partial charge in [0.2, 0.25) is 11.8 Å². The predicted molar refractivity (Wildman–Crippen MR) is 84.0 cm³/mol. The normalized spacial score (nSPS) is 25.1. The highest BCUT2D eigenvalue weighted by atomic mass is 19.1. The largest absolute Gasteiger partial charge is 0.369 e. The van der Waals surface area contributed by atoms with E-state index in [9.17, 15) is 14.0 Å². The average Bonchev–Trinajstić information content (AvgIpc) is 3.30. The molecule has 1 saturated carbocycles. The first-order valence-corrected chi connectivity index (χ1v) is 8.09. The molecule has 1 saturated heterocycles. The molecule has 6 heteroatoms. The number of halogens is 1. The van der Waals surface area contributed by atoms with E-state index in [1.54, 1.807) is 12.1 Å². The van der Waals surface area contributed by atoms with Gasteiger partial charge in [0.15, 0.2) is 0 Å². The van der Waals surface area contributed by atoms with Crippen LogP contribution < -0.4 is 11.1 Å². The number of hydrogen-bond acceptors (Lipinski definition) is 3. The van der Waals surface area contributed by atoms with Crippen molar-refractivity contribution in [3.05, 3.63) is 35.6 Å². The van der Waals surface area contributed by atoms with Crippen LogP contribution in [0.1, 0.15) is 30.7 Å². The number of carbonyl (C=O) groups excluding carboxylic acids is 2. The van der Waals surface area contributed by atoms with E-state index in [1.807, 2.05) is 4.90 Å². The van der Waals surface area contributed by atoms with E-state index < -0.39 is 0 Å². The van der Waals surface area contributed by atoms with Crippen LogP contribution in [0.15, 0.2) is 24.3 Å². The van der Waals surface area contributed by atoms with Gasteiger partial charge >= 0.3 is 0 Å². The van der Waals surface area contributed by atoms with Crippen molar-refractivity contribution in [1.82, 2.24) is 10.2 Å². The summed E-state index contributed by atoms with van der Waals surface area (Å²) in [7, 11) is 0. The van der Waals surface area contributed by atoms with Crippen LogP contribution in [0.4, 0.5) is 4.39 Å². The Morgan fingerprint density at radius 1 is 1.22 bits per heavy atom. The minimum absolute atomic E-state index is 0.00381. The molecule has 2 amide bonds. The summed E-state index contributed by atoms with van der Waals surface area (Å²) < 4.78 is 12.9. The van der Waals surface area contributed by atoms with E-state index in [1.165, 1.54) is 12.1 Å². The minimum Gasteiger partial charge on any atom is -0.369 e. The van der Waals surface area contributed by atoms with E-state index in [4.69, 9.17) is 5.73 Å². The Morgan fingerprint density at radius 3 is 2.48 bits per heavy atom. The molecule has 2 aliphatic rings. The van der Waals surface area contributed by atoms with Crippen molar-refractivity contribution in [2.75, 3.05) is 19.6 Å². The molecule has 5 nitrogen and oxygen atoms in total. The van der Waals surface area contributed by atoms with Crippen LogP contribution in [0.3, 0.4) is 0 Å². The summed E-state index contributed by atoms with van der Waals surface area (Å²) in [6.07, 6.45) is 2.51. The number of rotatable bonds is 5. The number of nitrogens with one attached hydrogen (secondary N) is 1. The molecule has 0 bridgehead atoms. The number of amides is 2. The molecule has 124 valence electrons. The molecular weight excluding hydrogens is 297 g/mol. The van der Waals surface area contributed by atoms with E-state index in [0.29, 0.717) is 0 Å². The van der Waals surface area contributed by atoms with Crippen molar-refractivity contribution < 1.29 is 14.0 Å². The lowest BCUT2D eigenvalue weighted by molar-refractivity contribution is -0.124. The van der Waals surface area contributed by atoms with Gasteiger partial charge in [-0.25, -0.2) is 4.39 Å². The Morgan fingerprint density at radius 2 is 1.87 bits per heavy atom. The second kappa shape index (κ2) is 6.66. The van der Waals surface area contributed by atoms with Crippen LogP contribution >= 0.6 is 0 Å². The molecule has 3 rings (SSSR count). The van der Waals surface area contributed by atoms with Crippen LogP contribution in [-0.2, 0) is 9.59 Å². The number of likely N-dealkylation sites (tertiary alicyclic amines) is 1. The molecule has 0 spiro atoms. The first kappa shape index (κ1) is 15.9. The SMILES string of the molecule is NC(=O)CN1CCC(NC(=O)[C@H]2C[C@H]2c2ccc(F)cc2)CC1. The van der Waals surface area contributed by atoms with Gasteiger partial charge < -0.3 is 11.1 Å². The highest BCUT2D eigenvalue weighted by molar-refractivity contribution is 5.83. The van der Waals surface area contributed by atoms with Crippen molar-refractivity contribution in [2.45, 2.75) is 31.2 Å². The van der Waals surface area contributed by atoms with E-state index in [-0.39, 0.29) is 42.1 Å². The van der Waals surface area contributed by atoms with Gasteiger partial charge in [-0.05, 0) is 42.9 Å². The summed E-state index contributed by atoms with van der Waals surface area (Å²) in [5.74, 6) is -0.256.